The minimum Gasteiger partial charge on any atom is -0.369 e. The highest BCUT2D eigenvalue weighted by molar-refractivity contribution is 5.94. The van der Waals surface area contributed by atoms with E-state index in [1.54, 1.807) is 0 Å². The van der Waals surface area contributed by atoms with Crippen LogP contribution in [0.15, 0.2) is 54.9 Å². The molecule has 1 aromatic carbocycles. The Morgan fingerprint density at radius 1 is 1.00 bits per heavy atom. The van der Waals surface area contributed by atoms with E-state index in [0.717, 1.165) is 51.3 Å². The lowest BCUT2D eigenvalue weighted by molar-refractivity contribution is 0.0951. The van der Waals surface area contributed by atoms with Crippen molar-refractivity contribution in [1.82, 2.24) is 15.2 Å². The zero-order valence-electron chi connectivity index (χ0n) is 13.9. The summed E-state index contributed by atoms with van der Waals surface area (Å²) in [6.07, 6.45) is 4.67. The molecule has 0 spiro atoms. The Bertz CT molecular complexity index is 624. The number of carbonyl (C=O) groups excluding carboxylic acids is 1. The number of benzene rings is 1. The summed E-state index contributed by atoms with van der Waals surface area (Å²) in [7, 11) is 0. The minimum absolute atomic E-state index is 0.0121. The van der Waals surface area contributed by atoms with Gasteiger partial charge in [0.15, 0.2) is 0 Å². The van der Waals surface area contributed by atoms with Crippen LogP contribution in [0.1, 0.15) is 16.8 Å². The van der Waals surface area contributed by atoms with Gasteiger partial charge in [-0.15, -0.1) is 0 Å². The summed E-state index contributed by atoms with van der Waals surface area (Å²) in [5.41, 5.74) is 1.98. The van der Waals surface area contributed by atoms with Crippen molar-refractivity contribution < 1.29 is 4.79 Å². The number of carbonyl (C=O) groups is 1. The van der Waals surface area contributed by atoms with Gasteiger partial charge in [0.25, 0.3) is 5.91 Å². The summed E-state index contributed by atoms with van der Waals surface area (Å²) in [6, 6.07) is 13.5. The molecule has 2 aromatic rings. The van der Waals surface area contributed by atoms with Gasteiger partial charge in [0.1, 0.15) is 0 Å². The average Bonchev–Trinajstić information content (AvgIpc) is 2.67. The van der Waals surface area contributed by atoms with E-state index in [1.165, 1.54) is 5.69 Å². The molecule has 0 aliphatic carbocycles. The van der Waals surface area contributed by atoms with E-state index in [2.05, 4.69) is 32.2 Å². The van der Waals surface area contributed by atoms with Crippen molar-refractivity contribution in [1.29, 1.82) is 0 Å². The molecule has 5 heteroatoms. The standard InChI is InChI=1S/C19H24N4O/c24-19(17-5-2-1-3-6-17)21-9-4-12-22-13-15-23(16-14-22)18-7-10-20-11-8-18/h1-3,5-8,10-11H,4,9,12-16H2,(H,21,24). The Labute approximate surface area is 143 Å². The molecular weight excluding hydrogens is 300 g/mol. The fourth-order valence-corrected chi connectivity index (χ4v) is 2.98. The van der Waals surface area contributed by atoms with Crippen LogP contribution in [0.25, 0.3) is 0 Å². The maximum absolute atomic E-state index is 12.0. The number of pyridine rings is 1. The van der Waals surface area contributed by atoms with Crippen molar-refractivity contribution in [3.63, 3.8) is 0 Å². The molecule has 0 radical (unpaired) electrons. The SMILES string of the molecule is O=C(NCCCN1CCN(c2ccncc2)CC1)c1ccccc1. The highest BCUT2D eigenvalue weighted by atomic mass is 16.1. The van der Waals surface area contributed by atoms with E-state index in [4.69, 9.17) is 0 Å². The molecule has 5 nitrogen and oxygen atoms in total. The lowest BCUT2D eigenvalue weighted by atomic mass is 10.2. The molecule has 0 saturated carbocycles. The van der Waals surface area contributed by atoms with Gasteiger partial charge in [-0.3, -0.25) is 14.7 Å². The maximum atomic E-state index is 12.0. The summed E-state index contributed by atoms with van der Waals surface area (Å²) < 4.78 is 0. The number of anilines is 1. The third-order valence-corrected chi connectivity index (χ3v) is 4.37. The summed E-state index contributed by atoms with van der Waals surface area (Å²) in [6.45, 7) is 5.96. The predicted molar refractivity (Wildman–Crippen MR) is 96.3 cm³/mol. The van der Waals surface area contributed by atoms with Gasteiger partial charge in [-0.2, -0.15) is 0 Å². The van der Waals surface area contributed by atoms with E-state index in [1.807, 2.05) is 42.7 Å². The smallest absolute Gasteiger partial charge is 0.251 e. The lowest BCUT2D eigenvalue weighted by Crippen LogP contribution is -2.47. The van der Waals surface area contributed by atoms with E-state index < -0.39 is 0 Å². The molecule has 0 atom stereocenters. The van der Waals surface area contributed by atoms with Crippen LogP contribution in [0.3, 0.4) is 0 Å². The molecule has 0 unspecified atom stereocenters. The van der Waals surface area contributed by atoms with E-state index in [0.29, 0.717) is 0 Å². The average molecular weight is 324 g/mol. The molecule has 1 N–H and O–H groups in total. The Hall–Kier alpha value is -2.40. The van der Waals surface area contributed by atoms with Crippen LogP contribution in [0.2, 0.25) is 0 Å². The first-order valence-electron chi connectivity index (χ1n) is 8.53. The molecule has 0 bridgehead atoms. The normalized spacial score (nSPS) is 15.2. The first-order valence-corrected chi connectivity index (χ1v) is 8.53. The van der Waals surface area contributed by atoms with Gasteiger partial charge in [-0.05, 0) is 37.2 Å². The molecule has 1 fully saturated rings. The van der Waals surface area contributed by atoms with Gasteiger partial charge in [-0.25, -0.2) is 0 Å². The highest BCUT2D eigenvalue weighted by Crippen LogP contribution is 2.14. The van der Waals surface area contributed by atoms with Gasteiger partial charge in [0.2, 0.25) is 0 Å². The Kier molecular flexibility index (Phi) is 5.80. The summed E-state index contributed by atoms with van der Waals surface area (Å²) >= 11 is 0. The first kappa shape index (κ1) is 16.5. The van der Waals surface area contributed by atoms with E-state index in [9.17, 15) is 4.79 Å². The molecule has 1 aliphatic heterocycles. The molecule has 126 valence electrons. The van der Waals surface area contributed by atoms with Gasteiger partial charge in [-0.1, -0.05) is 18.2 Å². The van der Waals surface area contributed by atoms with Crippen LogP contribution < -0.4 is 10.2 Å². The van der Waals surface area contributed by atoms with Crippen LogP contribution in [0.4, 0.5) is 5.69 Å². The van der Waals surface area contributed by atoms with Crippen molar-refractivity contribution in [2.75, 3.05) is 44.2 Å². The fourth-order valence-electron chi connectivity index (χ4n) is 2.98. The Balaban J connectivity index is 1.33. The van der Waals surface area contributed by atoms with Crippen molar-refractivity contribution in [3.8, 4) is 0 Å². The molecule has 3 rings (SSSR count). The topological polar surface area (TPSA) is 48.5 Å². The number of nitrogens with one attached hydrogen (secondary N) is 1. The lowest BCUT2D eigenvalue weighted by Gasteiger charge is -2.36. The monoisotopic (exact) mass is 324 g/mol. The zero-order valence-corrected chi connectivity index (χ0v) is 13.9. The third-order valence-electron chi connectivity index (χ3n) is 4.37. The van der Waals surface area contributed by atoms with E-state index in [-0.39, 0.29) is 5.91 Å². The summed E-state index contributed by atoms with van der Waals surface area (Å²) in [4.78, 5) is 20.9. The maximum Gasteiger partial charge on any atom is 0.251 e. The van der Waals surface area contributed by atoms with Gasteiger partial charge in [0, 0.05) is 56.4 Å². The van der Waals surface area contributed by atoms with Crippen LogP contribution in [0, 0.1) is 0 Å². The van der Waals surface area contributed by atoms with Crippen LogP contribution in [-0.2, 0) is 0 Å². The second-order valence-electron chi connectivity index (χ2n) is 6.01. The third kappa shape index (κ3) is 4.55. The quantitative estimate of drug-likeness (QED) is 0.826. The van der Waals surface area contributed by atoms with E-state index >= 15 is 0 Å². The molecule has 24 heavy (non-hydrogen) atoms. The van der Waals surface area contributed by atoms with Gasteiger partial charge < -0.3 is 10.2 Å². The van der Waals surface area contributed by atoms with Crippen molar-refractivity contribution in [2.45, 2.75) is 6.42 Å². The Morgan fingerprint density at radius 2 is 1.71 bits per heavy atom. The number of aromatic nitrogens is 1. The number of amides is 1. The molecule has 2 heterocycles. The molecule has 1 aliphatic rings. The number of hydrogen-bond acceptors (Lipinski definition) is 4. The van der Waals surface area contributed by atoms with Gasteiger partial charge >= 0.3 is 0 Å². The van der Waals surface area contributed by atoms with Crippen molar-refractivity contribution in [3.05, 3.63) is 60.4 Å². The van der Waals surface area contributed by atoms with Crippen LogP contribution in [0.5, 0.6) is 0 Å². The minimum atomic E-state index is 0.0121. The summed E-state index contributed by atoms with van der Waals surface area (Å²) in [5, 5.41) is 2.99. The molecule has 1 aromatic heterocycles. The van der Waals surface area contributed by atoms with Crippen LogP contribution >= 0.6 is 0 Å². The van der Waals surface area contributed by atoms with Crippen molar-refractivity contribution >= 4 is 11.6 Å². The number of hydrogen-bond donors (Lipinski definition) is 1. The van der Waals surface area contributed by atoms with Crippen LogP contribution in [-0.4, -0.2) is 55.1 Å². The second kappa shape index (κ2) is 8.45. The molecule has 1 amide bonds. The van der Waals surface area contributed by atoms with Gasteiger partial charge in [0.05, 0.1) is 0 Å². The number of piperazine rings is 1. The second-order valence-corrected chi connectivity index (χ2v) is 6.01. The molecular formula is C19H24N4O. The van der Waals surface area contributed by atoms with Crippen molar-refractivity contribution in [2.24, 2.45) is 0 Å². The number of rotatable bonds is 6. The first-order chi connectivity index (χ1) is 11.8. The predicted octanol–water partition coefficient (Wildman–Crippen LogP) is 2.02. The molecule has 1 saturated heterocycles. The zero-order chi connectivity index (χ0) is 16.6. The number of nitrogens with zero attached hydrogens (tertiary/aromatic N) is 3. The largest absolute Gasteiger partial charge is 0.369 e. The summed E-state index contributed by atoms with van der Waals surface area (Å²) in [5.74, 6) is 0.0121. The highest BCUT2D eigenvalue weighted by Gasteiger charge is 2.16. The fraction of sp³-hybridized carbons (Fsp3) is 0.368. The Morgan fingerprint density at radius 3 is 2.42 bits per heavy atom.